The van der Waals surface area contributed by atoms with Gasteiger partial charge in [-0.25, -0.2) is 14.8 Å². The average Bonchev–Trinajstić information content (AvgIpc) is 3.58. The van der Waals surface area contributed by atoms with E-state index in [1.165, 1.54) is 17.6 Å². The normalized spacial score (nSPS) is 24.6. The lowest BCUT2D eigenvalue weighted by Crippen LogP contribution is -2.56. The third-order valence-corrected chi connectivity index (χ3v) is 13.0. The van der Waals surface area contributed by atoms with Crippen molar-refractivity contribution in [3.05, 3.63) is 88.2 Å². The van der Waals surface area contributed by atoms with Crippen LogP contribution >= 0.6 is 11.3 Å². The number of rotatable bonds is 14. The van der Waals surface area contributed by atoms with Crippen LogP contribution in [0.15, 0.2) is 60.3 Å². The summed E-state index contributed by atoms with van der Waals surface area (Å²) in [5.41, 5.74) is 4.42. The predicted molar refractivity (Wildman–Crippen MR) is 225 cm³/mol. The second-order valence-corrected chi connectivity index (χ2v) is 18.3. The van der Waals surface area contributed by atoms with E-state index in [0.717, 1.165) is 59.9 Å². The Balaban J connectivity index is 1.09. The van der Waals surface area contributed by atoms with Crippen LogP contribution in [0.5, 0.6) is 0 Å². The van der Waals surface area contributed by atoms with E-state index in [9.17, 15) is 19.5 Å². The Hall–Kier alpha value is -5.14. The zero-order valence-corrected chi connectivity index (χ0v) is 34.3. The number of likely N-dealkylation sites (N-methyl/N-ethyl adjacent to an activating group) is 1. The topological polar surface area (TPSA) is 161 Å². The van der Waals surface area contributed by atoms with Crippen LogP contribution in [0.2, 0.25) is 0 Å². The van der Waals surface area contributed by atoms with Crippen LogP contribution < -0.4 is 15.5 Å². The number of carbonyl (C=O) groups is 3. The van der Waals surface area contributed by atoms with E-state index >= 15 is 0 Å². The van der Waals surface area contributed by atoms with E-state index in [1.807, 2.05) is 60.4 Å². The number of nitrogens with zero attached hydrogens (tertiary/aromatic N) is 4. The molecule has 0 spiro atoms. The van der Waals surface area contributed by atoms with Gasteiger partial charge in [-0.05, 0) is 104 Å². The Kier molecular flexibility index (Phi) is 11.3. The fourth-order valence-electron chi connectivity index (χ4n) is 10.3. The SMILES string of the molecule is C/C(NCC1(C)CC2(C)CC(C)CC(OCCN(C)C=O)(C1)C2)=C(/C=N)c1ccc(N2CCc3cccc(C(=O)Nc4nc5ccccc5s4)c3C2)nc1C(=O)O. The molecule has 2 fully saturated rings. The minimum atomic E-state index is -1.18. The number of pyridine rings is 1. The molecule has 4 N–H and O–H groups in total. The molecule has 300 valence electrons. The average molecular weight is 792 g/mol. The minimum absolute atomic E-state index is 0.108. The van der Waals surface area contributed by atoms with Crippen LogP contribution in [-0.2, 0) is 22.5 Å². The third-order valence-electron chi connectivity index (χ3n) is 12.0. The monoisotopic (exact) mass is 791 g/mol. The fourth-order valence-corrected chi connectivity index (χ4v) is 11.1. The van der Waals surface area contributed by atoms with Crippen LogP contribution in [0, 0.1) is 22.2 Å². The van der Waals surface area contributed by atoms with Crippen molar-refractivity contribution in [1.82, 2.24) is 20.2 Å². The summed E-state index contributed by atoms with van der Waals surface area (Å²) >= 11 is 1.42. The molecule has 3 aliphatic rings. The maximum absolute atomic E-state index is 13.6. The van der Waals surface area contributed by atoms with Crippen molar-refractivity contribution in [1.29, 1.82) is 5.41 Å². The van der Waals surface area contributed by atoms with Crippen LogP contribution in [-0.4, -0.2) is 83.4 Å². The number of amides is 2. The van der Waals surface area contributed by atoms with Crippen molar-refractivity contribution in [3.63, 3.8) is 0 Å². The molecule has 2 saturated carbocycles. The number of anilines is 2. The number of hydrogen-bond acceptors (Lipinski definition) is 10. The highest BCUT2D eigenvalue weighted by molar-refractivity contribution is 7.22. The first-order valence-corrected chi connectivity index (χ1v) is 20.6. The van der Waals surface area contributed by atoms with Crippen LogP contribution in [0.4, 0.5) is 10.9 Å². The number of nitrogens with one attached hydrogen (secondary N) is 3. The molecular formula is C44H53N7O5S. The molecule has 2 aromatic heterocycles. The summed E-state index contributed by atoms with van der Waals surface area (Å²) in [7, 11) is 1.77. The highest BCUT2D eigenvalue weighted by atomic mass is 32.1. The quantitative estimate of drug-likeness (QED) is 0.0743. The van der Waals surface area contributed by atoms with Crippen molar-refractivity contribution >= 4 is 62.6 Å². The molecule has 0 saturated heterocycles. The molecule has 2 aromatic carbocycles. The van der Waals surface area contributed by atoms with Crippen molar-refractivity contribution in [2.24, 2.45) is 16.7 Å². The summed E-state index contributed by atoms with van der Waals surface area (Å²) in [5.74, 6) is -0.394. The van der Waals surface area contributed by atoms with Gasteiger partial charge in [0.25, 0.3) is 5.91 Å². The molecule has 1 aliphatic heterocycles. The summed E-state index contributed by atoms with van der Waals surface area (Å²) in [6.07, 6.45) is 7.68. The second-order valence-electron chi connectivity index (χ2n) is 17.2. The van der Waals surface area contributed by atoms with Crippen LogP contribution in [0.1, 0.15) is 97.3 Å². The number of carboxylic acid groups (broad SMARTS) is 1. The zero-order valence-electron chi connectivity index (χ0n) is 33.5. The lowest BCUT2D eigenvalue weighted by Gasteiger charge is -2.59. The molecule has 2 aliphatic carbocycles. The first kappa shape index (κ1) is 40.1. The van der Waals surface area contributed by atoms with Crippen molar-refractivity contribution in [2.45, 2.75) is 78.4 Å². The molecule has 7 rings (SSSR count). The number of allylic oxidation sites excluding steroid dienone is 2. The molecular weight excluding hydrogens is 739 g/mol. The maximum atomic E-state index is 13.6. The molecule has 4 atom stereocenters. The van der Waals surface area contributed by atoms with E-state index in [-0.39, 0.29) is 28.0 Å². The number of para-hydroxylation sites is 1. The highest BCUT2D eigenvalue weighted by Gasteiger charge is 2.55. The van der Waals surface area contributed by atoms with E-state index in [1.54, 1.807) is 18.0 Å². The summed E-state index contributed by atoms with van der Waals surface area (Å²) in [4.78, 5) is 50.5. The van der Waals surface area contributed by atoms with Gasteiger partial charge < -0.3 is 30.4 Å². The number of carboxylic acids is 1. The Morgan fingerprint density at radius 3 is 2.63 bits per heavy atom. The summed E-state index contributed by atoms with van der Waals surface area (Å²) in [6.45, 7) is 11.5. The Bertz CT molecular complexity index is 2210. The maximum Gasteiger partial charge on any atom is 0.355 e. The Morgan fingerprint density at radius 2 is 1.88 bits per heavy atom. The standard InChI is InChI=1S/C44H53N7O5S/c1-28-19-42(3)23-43(4,25-44(20-28,24-42)56-18-17-50(5)27-52)26-46-29(2)33(21-45)31-13-14-37(48-38(31)40(54)55)51-16-15-30-9-8-10-32(34(30)22-51)39(53)49-41-47-35-11-6-7-12-36(35)57-41/h6-14,21,27-28,45-46H,15-20,22-26H2,1-5H3,(H,54,55)(H,47,49,53)/b33-29+,45-21?. The molecule has 3 heterocycles. The van der Waals surface area contributed by atoms with Gasteiger partial charge in [-0.3, -0.25) is 14.9 Å². The third kappa shape index (κ3) is 8.59. The number of fused-ring (bicyclic) bond motifs is 4. The number of hydrogen-bond donors (Lipinski definition) is 4. The molecule has 13 heteroatoms. The minimum Gasteiger partial charge on any atom is -0.476 e. The molecule has 0 radical (unpaired) electrons. The molecule has 57 heavy (non-hydrogen) atoms. The van der Waals surface area contributed by atoms with Gasteiger partial charge in [0, 0.05) is 61.8 Å². The lowest BCUT2D eigenvalue weighted by atomic mass is 9.51. The van der Waals surface area contributed by atoms with Crippen molar-refractivity contribution in [2.75, 3.05) is 43.5 Å². The molecule has 2 bridgehead atoms. The van der Waals surface area contributed by atoms with Gasteiger partial charge in [0.15, 0.2) is 10.8 Å². The summed E-state index contributed by atoms with van der Waals surface area (Å²) in [6, 6.07) is 17.0. The van der Waals surface area contributed by atoms with Gasteiger partial charge in [0.05, 0.1) is 22.4 Å². The van der Waals surface area contributed by atoms with Crippen molar-refractivity contribution < 1.29 is 24.2 Å². The largest absolute Gasteiger partial charge is 0.476 e. The lowest BCUT2D eigenvalue weighted by molar-refractivity contribution is -0.175. The number of aromatic nitrogens is 2. The van der Waals surface area contributed by atoms with E-state index in [2.05, 4.69) is 41.4 Å². The predicted octanol–water partition coefficient (Wildman–Crippen LogP) is 7.64. The number of aromatic carboxylic acids is 1. The fraction of sp³-hybridized carbons (Fsp3) is 0.455. The van der Waals surface area contributed by atoms with Gasteiger partial charge in [-0.2, -0.15) is 0 Å². The Morgan fingerprint density at radius 1 is 1.07 bits per heavy atom. The molecule has 12 nitrogen and oxygen atoms in total. The highest BCUT2D eigenvalue weighted by Crippen LogP contribution is 2.59. The van der Waals surface area contributed by atoms with E-state index < -0.39 is 5.97 Å². The van der Waals surface area contributed by atoms with E-state index in [0.29, 0.717) is 78.5 Å². The van der Waals surface area contributed by atoms with Gasteiger partial charge in [0.2, 0.25) is 6.41 Å². The van der Waals surface area contributed by atoms with E-state index in [4.69, 9.17) is 10.1 Å². The van der Waals surface area contributed by atoms with Gasteiger partial charge >= 0.3 is 5.97 Å². The van der Waals surface area contributed by atoms with Crippen LogP contribution in [0.3, 0.4) is 0 Å². The first-order chi connectivity index (χ1) is 27.2. The smallest absolute Gasteiger partial charge is 0.355 e. The number of thiazole rings is 1. The second kappa shape index (κ2) is 16.0. The van der Waals surface area contributed by atoms with Crippen LogP contribution in [0.25, 0.3) is 15.8 Å². The number of benzene rings is 2. The summed E-state index contributed by atoms with van der Waals surface area (Å²) < 4.78 is 7.68. The van der Waals surface area contributed by atoms with Crippen molar-refractivity contribution in [3.8, 4) is 0 Å². The molecule has 4 aromatic rings. The van der Waals surface area contributed by atoms with Gasteiger partial charge in [-0.1, -0.05) is 56.4 Å². The molecule has 4 unspecified atom stereocenters. The first-order valence-electron chi connectivity index (χ1n) is 19.7. The van der Waals surface area contributed by atoms with Gasteiger partial charge in [0.1, 0.15) is 5.82 Å². The zero-order chi connectivity index (χ0) is 40.5. The summed E-state index contributed by atoms with van der Waals surface area (Å²) in [5, 5.41) is 26.0. The molecule has 2 amide bonds. The number of ether oxygens (including phenoxy) is 1. The van der Waals surface area contributed by atoms with Gasteiger partial charge in [-0.15, -0.1) is 0 Å². The number of carbonyl (C=O) groups excluding carboxylic acids is 2. The Labute approximate surface area is 338 Å².